The number of halogens is 2. The number of rotatable bonds is 5. The first kappa shape index (κ1) is 23.8. The van der Waals surface area contributed by atoms with Crippen LogP contribution in [0.15, 0.2) is 30.3 Å². The number of ether oxygens (including phenoxy) is 3. The first-order valence-corrected chi connectivity index (χ1v) is 10.5. The molecule has 0 saturated carbocycles. The monoisotopic (exact) mass is 482 g/mol. The van der Waals surface area contributed by atoms with Crippen LogP contribution in [-0.4, -0.2) is 49.6 Å². The molecule has 1 aliphatic heterocycles. The summed E-state index contributed by atoms with van der Waals surface area (Å²) in [4.78, 5) is 27.7. The average molecular weight is 483 g/mol. The van der Waals surface area contributed by atoms with E-state index in [1.54, 1.807) is 37.3 Å². The van der Waals surface area contributed by atoms with Crippen molar-refractivity contribution in [3.63, 3.8) is 0 Å². The number of hydrogen-bond acceptors (Lipinski definition) is 5. The van der Waals surface area contributed by atoms with Crippen molar-refractivity contribution >= 4 is 41.1 Å². The quantitative estimate of drug-likeness (QED) is 0.596. The predicted octanol–water partition coefficient (Wildman–Crippen LogP) is 5.60. The molecule has 0 radical (unpaired) electrons. The topological polar surface area (TPSA) is 88.5 Å². The van der Waals surface area contributed by atoms with Crippen molar-refractivity contribution in [1.29, 1.82) is 0 Å². The van der Waals surface area contributed by atoms with Crippen LogP contribution in [0.3, 0.4) is 0 Å². The fraction of sp³-hybridized carbons (Fsp3) is 0.364. The number of benzene rings is 2. The van der Waals surface area contributed by atoms with Crippen LogP contribution in [0.5, 0.6) is 11.5 Å². The summed E-state index contributed by atoms with van der Waals surface area (Å²) in [7, 11) is 4.26. The molecular formula is C22H24Cl2N2O6. The van der Waals surface area contributed by atoms with Crippen LogP contribution in [0, 0.1) is 0 Å². The van der Waals surface area contributed by atoms with Crippen LogP contribution in [0.4, 0.5) is 15.3 Å². The van der Waals surface area contributed by atoms with Crippen molar-refractivity contribution in [3.05, 3.63) is 51.5 Å². The van der Waals surface area contributed by atoms with Crippen molar-refractivity contribution in [2.75, 3.05) is 26.2 Å². The van der Waals surface area contributed by atoms with Gasteiger partial charge in [-0.05, 0) is 43.2 Å². The standard InChI is InChI=1S/C22H24Cl2N2O6/c1-12-5-17(25(22(29)32-4)11-13-6-14(23)8-15(24)7-13)16-9-19(30-2)20(31-3)10-18(16)26(12)21(27)28/h6-10,12,17H,5,11H2,1-4H3,(H,27,28)/t12-,17+/m1/s1. The molecule has 0 aliphatic carbocycles. The van der Waals surface area contributed by atoms with Gasteiger partial charge in [-0.2, -0.15) is 0 Å². The molecule has 10 heteroatoms. The molecule has 32 heavy (non-hydrogen) atoms. The molecule has 1 heterocycles. The highest BCUT2D eigenvalue weighted by Gasteiger charge is 2.39. The highest BCUT2D eigenvalue weighted by atomic mass is 35.5. The van der Waals surface area contributed by atoms with Gasteiger partial charge in [0.1, 0.15) is 0 Å². The van der Waals surface area contributed by atoms with Gasteiger partial charge in [-0.25, -0.2) is 9.59 Å². The molecule has 2 aromatic carbocycles. The van der Waals surface area contributed by atoms with E-state index in [0.717, 1.165) is 0 Å². The molecule has 2 amide bonds. The molecule has 0 saturated heterocycles. The number of carbonyl (C=O) groups excluding carboxylic acids is 1. The van der Waals surface area contributed by atoms with Crippen LogP contribution in [0.2, 0.25) is 10.0 Å². The van der Waals surface area contributed by atoms with E-state index in [0.29, 0.717) is 44.8 Å². The molecule has 172 valence electrons. The average Bonchev–Trinajstić information content (AvgIpc) is 2.74. The molecule has 0 fully saturated rings. The van der Waals surface area contributed by atoms with E-state index in [2.05, 4.69) is 0 Å². The Morgan fingerprint density at radius 3 is 2.19 bits per heavy atom. The molecule has 1 aliphatic rings. The van der Waals surface area contributed by atoms with Crippen LogP contribution >= 0.6 is 23.2 Å². The number of methoxy groups -OCH3 is 3. The predicted molar refractivity (Wildman–Crippen MR) is 121 cm³/mol. The molecule has 0 spiro atoms. The van der Waals surface area contributed by atoms with Crippen molar-refractivity contribution < 1.29 is 28.9 Å². The largest absolute Gasteiger partial charge is 0.493 e. The molecule has 2 aromatic rings. The lowest BCUT2D eigenvalue weighted by molar-refractivity contribution is 0.0947. The van der Waals surface area contributed by atoms with Gasteiger partial charge in [0.05, 0.1) is 33.1 Å². The second kappa shape index (κ2) is 9.75. The van der Waals surface area contributed by atoms with E-state index in [1.807, 2.05) is 0 Å². The molecule has 1 N–H and O–H groups in total. The van der Waals surface area contributed by atoms with E-state index in [4.69, 9.17) is 37.4 Å². The Labute approximate surface area is 196 Å². The van der Waals surface area contributed by atoms with Gasteiger partial charge < -0.3 is 19.3 Å². The second-order valence-electron chi connectivity index (χ2n) is 7.39. The van der Waals surface area contributed by atoms with Crippen LogP contribution in [0.25, 0.3) is 0 Å². The highest BCUT2D eigenvalue weighted by molar-refractivity contribution is 6.34. The van der Waals surface area contributed by atoms with Gasteiger partial charge in [0.2, 0.25) is 0 Å². The third-order valence-corrected chi connectivity index (χ3v) is 5.86. The van der Waals surface area contributed by atoms with Gasteiger partial charge in [0, 0.05) is 34.3 Å². The van der Waals surface area contributed by atoms with Gasteiger partial charge in [-0.15, -0.1) is 0 Å². The minimum atomic E-state index is -1.10. The zero-order chi connectivity index (χ0) is 23.6. The Balaban J connectivity index is 2.15. The minimum absolute atomic E-state index is 0.158. The zero-order valence-corrected chi connectivity index (χ0v) is 19.6. The number of amides is 2. The maximum absolute atomic E-state index is 12.8. The van der Waals surface area contributed by atoms with Crippen LogP contribution in [0.1, 0.15) is 30.5 Å². The molecule has 0 bridgehead atoms. The summed E-state index contributed by atoms with van der Waals surface area (Å²) in [5.74, 6) is 0.809. The second-order valence-corrected chi connectivity index (χ2v) is 8.27. The summed E-state index contributed by atoms with van der Waals surface area (Å²) >= 11 is 12.3. The van der Waals surface area contributed by atoms with E-state index in [-0.39, 0.29) is 6.54 Å². The maximum atomic E-state index is 12.8. The van der Waals surface area contributed by atoms with Gasteiger partial charge in [0.15, 0.2) is 11.5 Å². The first-order valence-electron chi connectivity index (χ1n) is 9.77. The van der Waals surface area contributed by atoms with E-state index in [1.165, 1.54) is 31.1 Å². The Morgan fingerprint density at radius 1 is 1.06 bits per heavy atom. The van der Waals surface area contributed by atoms with Crippen molar-refractivity contribution in [1.82, 2.24) is 4.90 Å². The number of anilines is 1. The van der Waals surface area contributed by atoms with Gasteiger partial charge in [-0.3, -0.25) is 9.80 Å². The molecule has 0 unspecified atom stereocenters. The molecule has 8 nitrogen and oxygen atoms in total. The fourth-order valence-electron chi connectivity index (χ4n) is 4.06. The minimum Gasteiger partial charge on any atom is -0.493 e. The van der Waals surface area contributed by atoms with Gasteiger partial charge in [0.25, 0.3) is 0 Å². The van der Waals surface area contributed by atoms with Gasteiger partial charge >= 0.3 is 12.2 Å². The van der Waals surface area contributed by atoms with Crippen molar-refractivity contribution in [2.45, 2.75) is 32.0 Å². The van der Waals surface area contributed by atoms with Crippen LogP contribution in [-0.2, 0) is 11.3 Å². The van der Waals surface area contributed by atoms with Crippen molar-refractivity contribution in [3.8, 4) is 11.5 Å². The lowest BCUT2D eigenvalue weighted by Crippen LogP contribution is -2.47. The molecular weight excluding hydrogens is 459 g/mol. The summed E-state index contributed by atoms with van der Waals surface area (Å²) in [5, 5.41) is 10.7. The Kier molecular flexibility index (Phi) is 7.26. The van der Waals surface area contributed by atoms with Gasteiger partial charge in [-0.1, -0.05) is 23.2 Å². The molecule has 2 atom stereocenters. The number of carboxylic acid groups (broad SMARTS) is 1. The van der Waals surface area contributed by atoms with E-state index >= 15 is 0 Å². The van der Waals surface area contributed by atoms with E-state index < -0.39 is 24.3 Å². The Bertz CT molecular complexity index is 1010. The van der Waals surface area contributed by atoms with E-state index in [9.17, 15) is 14.7 Å². The highest BCUT2D eigenvalue weighted by Crippen LogP contribution is 2.46. The summed E-state index contributed by atoms with van der Waals surface area (Å²) < 4.78 is 15.9. The molecule has 3 rings (SSSR count). The summed E-state index contributed by atoms with van der Waals surface area (Å²) in [6.07, 6.45) is -1.32. The maximum Gasteiger partial charge on any atom is 0.412 e. The molecule has 0 aromatic heterocycles. The van der Waals surface area contributed by atoms with Crippen molar-refractivity contribution in [2.24, 2.45) is 0 Å². The number of nitrogens with zero attached hydrogens (tertiary/aromatic N) is 2. The SMILES string of the molecule is COC(=O)N(Cc1cc(Cl)cc(Cl)c1)[C@H]1C[C@@H](C)N(C(=O)O)c2cc(OC)c(OC)cc21. The zero-order valence-electron chi connectivity index (χ0n) is 18.1. The summed E-state index contributed by atoms with van der Waals surface area (Å²) in [6, 6.07) is 7.43. The lowest BCUT2D eigenvalue weighted by atomic mass is 9.90. The number of hydrogen-bond donors (Lipinski definition) is 1. The number of fused-ring (bicyclic) bond motifs is 1. The smallest absolute Gasteiger partial charge is 0.412 e. The lowest BCUT2D eigenvalue weighted by Gasteiger charge is -2.42. The third kappa shape index (κ3) is 4.66. The third-order valence-electron chi connectivity index (χ3n) is 5.42. The van der Waals surface area contributed by atoms with Crippen LogP contribution < -0.4 is 14.4 Å². The number of carbonyl (C=O) groups is 2. The fourth-order valence-corrected chi connectivity index (χ4v) is 4.63. The normalized spacial score (nSPS) is 17.4. The summed E-state index contributed by atoms with van der Waals surface area (Å²) in [5.41, 5.74) is 1.72. The summed E-state index contributed by atoms with van der Waals surface area (Å²) in [6.45, 7) is 1.94. The Hall–Kier alpha value is -2.84. The Morgan fingerprint density at radius 2 is 1.66 bits per heavy atom. The first-order chi connectivity index (χ1) is 15.2.